The average Bonchev–Trinajstić information content (AvgIpc) is 3.00. The molecule has 0 saturated heterocycles. The van der Waals surface area contributed by atoms with E-state index in [0.29, 0.717) is 22.7 Å². The van der Waals surface area contributed by atoms with Crippen molar-refractivity contribution in [3.63, 3.8) is 0 Å². The van der Waals surface area contributed by atoms with Crippen LogP contribution in [0.1, 0.15) is 41.3 Å². The van der Waals surface area contributed by atoms with Crippen molar-refractivity contribution < 1.29 is 19.1 Å². The van der Waals surface area contributed by atoms with Gasteiger partial charge in [-0.15, -0.1) is 0 Å². The van der Waals surface area contributed by atoms with E-state index in [4.69, 9.17) is 20.3 Å². The topological polar surface area (TPSA) is 129 Å². The summed E-state index contributed by atoms with van der Waals surface area (Å²) >= 11 is 0. The zero-order chi connectivity index (χ0) is 29.1. The van der Waals surface area contributed by atoms with E-state index in [2.05, 4.69) is 4.98 Å². The van der Waals surface area contributed by atoms with Gasteiger partial charge < -0.3 is 9.47 Å². The van der Waals surface area contributed by atoms with Crippen molar-refractivity contribution in [3.8, 4) is 11.4 Å². The van der Waals surface area contributed by atoms with Crippen molar-refractivity contribution in [2.24, 2.45) is 16.8 Å². The Bertz CT molecular complexity index is 1680. The summed E-state index contributed by atoms with van der Waals surface area (Å²) in [6, 6.07) is 24.7. The van der Waals surface area contributed by atoms with Crippen LogP contribution in [0.5, 0.6) is 5.75 Å². The fourth-order valence-corrected chi connectivity index (χ4v) is 5.09. The molecule has 5 rings (SSSR count). The van der Waals surface area contributed by atoms with E-state index < -0.39 is 29.4 Å². The number of methoxy groups -OCH3 is 1. The van der Waals surface area contributed by atoms with Crippen molar-refractivity contribution in [2.45, 2.75) is 19.8 Å². The Morgan fingerprint density at radius 2 is 1.68 bits per heavy atom. The van der Waals surface area contributed by atoms with Gasteiger partial charge in [0.25, 0.3) is 5.91 Å². The van der Waals surface area contributed by atoms with E-state index in [9.17, 15) is 14.4 Å². The molecule has 2 atom stereocenters. The van der Waals surface area contributed by atoms with Crippen LogP contribution >= 0.6 is 0 Å². The molecule has 3 aromatic carbocycles. The van der Waals surface area contributed by atoms with Crippen LogP contribution in [0.4, 0.5) is 11.6 Å². The van der Waals surface area contributed by atoms with Gasteiger partial charge in [-0.2, -0.15) is 4.98 Å². The Kier molecular flexibility index (Phi) is 7.75. The summed E-state index contributed by atoms with van der Waals surface area (Å²) in [6.45, 7) is 3.62. The minimum absolute atomic E-state index is 0.107. The first-order valence-electron chi connectivity index (χ1n) is 13.1. The van der Waals surface area contributed by atoms with Crippen LogP contribution in [-0.2, 0) is 9.53 Å². The van der Waals surface area contributed by atoms with Crippen LogP contribution in [0.25, 0.3) is 5.69 Å². The van der Waals surface area contributed by atoms with Gasteiger partial charge in [0.1, 0.15) is 17.5 Å². The highest BCUT2D eigenvalue weighted by molar-refractivity contribution is 6.08. The molecule has 1 aliphatic heterocycles. The molecule has 0 saturated carbocycles. The molecule has 4 aromatic rings. The molecule has 1 aromatic heterocycles. The minimum atomic E-state index is -0.854. The number of hydrogen-bond acceptors (Lipinski definition) is 8. The van der Waals surface area contributed by atoms with Gasteiger partial charge in [0, 0.05) is 22.8 Å². The molecule has 2 N–H and O–H groups in total. The number of hydrogen-bond donors (Lipinski definition) is 1. The molecule has 0 aliphatic carbocycles. The van der Waals surface area contributed by atoms with Crippen molar-refractivity contribution >= 4 is 29.2 Å². The smallest absolute Gasteiger partial charge is 0.355 e. The maximum absolute atomic E-state index is 13.7. The van der Waals surface area contributed by atoms with E-state index in [0.717, 1.165) is 10.6 Å². The van der Waals surface area contributed by atoms with Gasteiger partial charge in [-0.1, -0.05) is 54.6 Å². The quantitative estimate of drug-likeness (QED) is 0.158. The fraction of sp³-hybridized carbons (Fsp3) is 0.194. The van der Waals surface area contributed by atoms with Gasteiger partial charge >= 0.3 is 11.7 Å². The number of nitrogens with zero attached hydrogens (tertiary/aromatic N) is 4. The molecule has 2 heterocycles. The number of fused-ring (bicyclic) bond motifs is 1. The number of aromatic nitrogens is 2. The van der Waals surface area contributed by atoms with E-state index in [1.54, 1.807) is 56.3 Å². The second-order valence-electron chi connectivity index (χ2n) is 9.40. The monoisotopic (exact) mass is 551 g/mol. The van der Waals surface area contributed by atoms with Gasteiger partial charge in [-0.3, -0.25) is 9.59 Å². The van der Waals surface area contributed by atoms with Crippen molar-refractivity contribution in [3.05, 3.63) is 112 Å². The molecule has 2 unspecified atom stereocenters. The fourth-order valence-electron chi connectivity index (χ4n) is 5.09. The van der Waals surface area contributed by atoms with Crippen molar-refractivity contribution in [1.82, 2.24) is 9.55 Å². The number of para-hydroxylation sites is 1. The molecule has 1 amide bonds. The lowest BCUT2D eigenvalue weighted by molar-refractivity contribution is -0.146. The van der Waals surface area contributed by atoms with Gasteiger partial charge in [0.15, 0.2) is 5.82 Å². The Morgan fingerprint density at radius 3 is 2.34 bits per heavy atom. The number of nitrogens with two attached hydrogens (primary N) is 1. The highest BCUT2D eigenvalue weighted by Gasteiger charge is 2.43. The standard InChI is InChI=1S/C31H29N5O5/c1-4-41-30(38)24-19(2)33-27-26(25(24)20-12-7-5-8-13-20)28(34-31(39)35(27)22-15-9-6-10-16-22)36(32)29(37)21-14-11-17-23(18-21)40-3/h5-18,24-25H,4,32H2,1-3H3. The molecule has 0 radical (unpaired) electrons. The number of carbonyl (C=O) groups is 2. The number of hydrazine groups is 1. The number of amides is 1. The Balaban J connectivity index is 1.82. The van der Waals surface area contributed by atoms with E-state index >= 15 is 0 Å². The second-order valence-corrected chi connectivity index (χ2v) is 9.40. The number of aliphatic imine (C=N–C) groups is 1. The largest absolute Gasteiger partial charge is 0.497 e. The molecule has 41 heavy (non-hydrogen) atoms. The van der Waals surface area contributed by atoms with Crippen LogP contribution in [0.3, 0.4) is 0 Å². The van der Waals surface area contributed by atoms with E-state index in [1.807, 2.05) is 36.4 Å². The Morgan fingerprint density at radius 1 is 1.00 bits per heavy atom. The molecule has 1 aliphatic rings. The maximum Gasteiger partial charge on any atom is 0.355 e. The summed E-state index contributed by atoms with van der Waals surface area (Å²) in [6.07, 6.45) is 0. The number of benzene rings is 3. The predicted octanol–water partition coefficient (Wildman–Crippen LogP) is 4.18. The van der Waals surface area contributed by atoms with Crippen molar-refractivity contribution in [2.75, 3.05) is 18.7 Å². The lowest BCUT2D eigenvalue weighted by atomic mass is 9.76. The van der Waals surface area contributed by atoms with Crippen LogP contribution in [0, 0.1) is 5.92 Å². The summed E-state index contributed by atoms with van der Waals surface area (Å²) in [5.41, 5.74) is 1.61. The lowest BCUT2D eigenvalue weighted by Crippen LogP contribution is -2.43. The average molecular weight is 552 g/mol. The van der Waals surface area contributed by atoms with Crippen LogP contribution in [-0.4, -0.2) is 40.9 Å². The normalized spacial score (nSPS) is 15.9. The SMILES string of the molecule is CCOC(=O)C1C(C)=Nc2c(c(N(N)C(=O)c3cccc(OC)c3)nc(=O)n2-c2ccccc2)C1c1ccccc1. The number of ether oxygens (including phenoxy) is 2. The third-order valence-electron chi connectivity index (χ3n) is 6.94. The number of esters is 1. The second kappa shape index (κ2) is 11.6. The van der Waals surface area contributed by atoms with E-state index in [-0.39, 0.29) is 23.8 Å². The first-order chi connectivity index (χ1) is 19.8. The van der Waals surface area contributed by atoms with Gasteiger partial charge in [-0.05, 0) is 49.7 Å². The van der Waals surface area contributed by atoms with Gasteiger partial charge in [0.05, 0.1) is 19.4 Å². The lowest BCUT2D eigenvalue weighted by Gasteiger charge is -2.34. The minimum Gasteiger partial charge on any atom is -0.497 e. The first-order valence-corrected chi connectivity index (χ1v) is 13.1. The highest BCUT2D eigenvalue weighted by Crippen LogP contribution is 2.46. The molecule has 10 heteroatoms. The van der Waals surface area contributed by atoms with Crippen molar-refractivity contribution in [1.29, 1.82) is 0 Å². The summed E-state index contributed by atoms with van der Waals surface area (Å²) in [5, 5.41) is 0.832. The zero-order valence-corrected chi connectivity index (χ0v) is 22.9. The summed E-state index contributed by atoms with van der Waals surface area (Å²) in [5.74, 6) is 4.37. The van der Waals surface area contributed by atoms with E-state index in [1.165, 1.54) is 17.7 Å². The van der Waals surface area contributed by atoms with Gasteiger partial charge in [0.2, 0.25) is 0 Å². The molecule has 10 nitrogen and oxygen atoms in total. The highest BCUT2D eigenvalue weighted by atomic mass is 16.5. The molecule has 0 bridgehead atoms. The molecular formula is C31H29N5O5. The summed E-state index contributed by atoms with van der Waals surface area (Å²) < 4.78 is 12.1. The predicted molar refractivity (Wildman–Crippen MR) is 155 cm³/mol. The Hall–Kier alpha value is -5.09. The molecule has 208 valence electrons. The van der Waals surface area contributed by atoms with Crippen LogP contribution in [0.15, 0.2) is 94.7 Å². The molecule has 0 fully saturated rings. The zero-order valence-electron chi connectivity index (χ0n) is 22.9. The first kappa shape index (κ1) is 27.5. The summed E-state index contributed by atoms with van der Waals surface area (Å²) in [4.78, 5) is 49.8. The van der Waals surface area contributed by atoms with Crippen LogP contribution < -0.4 is 21.3 Å². The Labute approximate surface area is 236 Å². The number of carbonyl (C=O) groups excluding carboxylic acids is 2. The van der Waals surface area contributed by atoms with Crippen LogP contribution in [0.2, 0.25) is 0 Å². The molecular weight excluding hydrogens is 522 g/mol. The maximum atomic E-state index is 13.7. The number of anilines is 1. The molecule has 0 spiro atoms. The number of rotatable bonds is 7. The third-order valence-corrected chi connectivity index (χ3v) is 6.94. The summed E-state index contributed by atoms with van der Waals surface area (Å²) in [7, 11) is 1.49. The van der Waals surface area contributed by atoms with Gasteiger partial charge in [-0.25, -0.2) is 25.2 Å². The third kappa shape index (κ3) is 5.12.